The number of ketones is 2. The third-order valence-corrected chi connectivity index (χ3v) is 5.59. The molecule has 0 saturated heterocycles. The smallest absolute Gasteiger partial charge is 0.159 e. The number of nitrogens with one attached hydrogen (secondary N) is 1. The molecule has 3 nitrogen and oxygen atoms in total. The molecule has 0 radical (unpaired) electrons. The molecule has 0 heterocycles. The van der Waals surface area contributed by atoms with Gasteiger partial charge in [-0.15, -0.1) is 0 Å². The number of aryl methyl sites for hydroxylation is 2. The van der Waals surface area contributed by atoms with Gasteiger partial charge in [0, 0.05) is 27.9 Å². The van der Waals surface area contributed by atoms with Crippen LogP contribution >= 0.6 is 11.6 Å². The van der Waals surface area contributed by atoms with Crippen LogP contribution in [-0.4, -0.2) is 17.6 Å². The third-order valence-electron chi connectivity index (χ3n) is 5.16. The van der Waals surface area contributed by atoms with Gasteiger partial charge < -0.3 is 5.32 Å². The lowest BCUT2D eigenvalue weighted by atomic mass is 9.95. The van der Waals surface area contributed by atoms with Gasteiger partial charge in [0.2, 0.25) is 0 Å². The lowest BCUT2D eigenvalue weighted by Crippen LogP contribution is -2.22. The van der Waals surface area contributed by atoms with Crippen LogP contribution in [0, 0.1) is 13.8 Å². The van der Waals surface area contributed by atoms with E-state index in [2.05, 4.69) is 12.2 Å². The molecule has 0 spiro atoms. The van der Waals surface area contributed by atoms with Gasteiger partial charge in [-0.2, -0.15) is 0 Å². The minimum atomic E-state index is 0.0739. The van der Waals surface area contributed by atoms with Crippen molar-refractivity contribution in [2.45, 2.75) is 65.8 Å². The number of halogens is 1. The van der Waals surface area contributed by atoms with E-state index in [9.17, 15) is 9.59 Å². The number of hydrogen-bond donors (Lipinski definition) is 1. The van der Waals surface area contributed by atoms with Gasteiger partial charge in [0.05, 0.1) is 0 Å². The molecule has 1 fully saturated rings. The van der Waals surface area contributed by atoms with E-state index < -0.39 is 0 Å². The zero-order valence-corrected chi connectivity index (χ0v) is 18.0. The summed E-state index contributed by atoms with van der Waals surface area (Å²) in [6.07, 6.45) is 6.59. The van der Waals surface area contributed by atoms with Crippen molar-refractivity contribution in [1.82, 2.24) is 0 Å². The van der Waals surface area contributed by atoms with Crippen LogP contribution in [0.1, 0.15) is 77.8 Å². The molecule has 4 heteroatoms. The highest BCUT2D eigenvalue weighted by Gasteiger charge is 2.14. The van der Waals surface area contributed by atoms with E-state index in [4.69, 9.17) is 11.6 Å². The Morgan fingerprint density at radius 2 is 1.39 bits per heavy atom. The quantitative estimate of drug-likeness (QED) is 0.575. The van der Waals surface area contributed by atoms with Crippen molar-refractivity contribution in [2.75, 3.05) is 5.32 Å². The molecular weight excluding hydrogens is 370 g/mol. The van der Waals surface area contributed by atoms with Crippen LogP contribution in [0.3, 0.4) is 0 Å². The molecule has 1 saturated carbocycles. The Hall–Kier alpha value is -2.13. The van der Waals surface area contributed by atoms with Crippen molar-refractivity contribution < 1.29 is 9.59 Å². The Balaban J connectivity index is 0.000000221. The fourth-order valence-electron chi connectivity index (χ4n) is 3.38. The van der Waals surface area contributed by atoms with Gasteiger partial charge in [-0.05, 0) is 88.1 Å². The summed E-state index contributed by atoms with van der Waals surface area (Å²) in [6, 6.07) is 11.8. The summed E-state index contributed by atoms with van der Waals surface area (Å²) in [5.74, 6) is 0.210. The monoisotopic (exact) mass is 399 g/mol. The summed E-state index contributed by atoms with van der Waals surface area (Å²) in [6.45, 7) is 7.11. The summed E-state index contributed by atoms with van der Waals surface area (Å²) in [4.78, 5) is 22.1. The molecule has 0 aliphatic heterocycles. The van der Waals surface area contributed by atoms with Gasteiger partial charge in [-0.25, -0.2) is 0 Å². The number of carbonyl (C=O) groups excluding carboxylic acids is 2. The molecule has 2 aromatic carbocycles. The first-order valence-corrected chi connectivity index (χ1v) is 10.3. The van der Waals surface area contributed by atoms with Gasteiger partial charge in [-0.3, -0.25) is 9.59 Å². The average Bonchev–Trinajstić information content (AvgIpc) is 2.66. The van der Waals surface area contributed by atoms with Crippen LogP contribution in [0.4, 0.5) is 5.69 Å². The van der Waals surface area contributed by atoms with Crippen molar-refractivity contribution in [3.63, 3.8) is 0 Å². The van der Waals surface area contributed by atoms with Gasteiger partial charge in [-0.1, -0.05) is 30.9 Å². The maximum absolute atomic E-state index is 11.3. The fraction of sp³-hybridized carbons (Fsp3) is 0.417. The van der Waals surface area contributed by atoms with Crippen molar-refractivity contribution >= 4 is 28.9 Å². The molecule has 3 rings (SSSR count). The first-order chi connectivity index (χ1) is 13.3. The Kier molecular flexibility index (Phi) is 8.25. The van der Waals surface area contributed by atoms with Crippen LogP contribution in [0.15, 0.2) is 36.4 Å². The Bertz CT molecular complexity index is 838. The number of carbonyl (C=O) groups is 2. The minimum Gasteiger partial charge on any atom is -0.382 e. The van der Waals surface area contributed by atoms with Gasteiger partial charge in [0.1, 0.15) is 0 Å². The lowest BCUT2D eigenvalue weighted by molar-refractivity contribution is 0.100. The Morgan fingerprint density at radius 3 is 1.89 bits per heavy atom. The summed E-state index contributed by atoms with van der Waals surface area (Å²) >= 11 is 5.77. The molecular formula is C24H30ClNO2. The van der Waals surface area contributed by atoms with Gasteiger partial charge in [0.15, 0.2) is 11.6 Å². The van der Waals surface area contributed by atoms with Crippen LogP contribution in [0.25, 0.3) is 0 Å². The van der Waals surface area contributed by atoms with Gasteiger partial charge in [0.25, 0.3) is 0 Å². The van der Waals surface area contributed by atoms with Crippen molar-refractivity contribution in [3.8, 4) is 0 Å². The number of benzene rings is 2. The third kappa shape index (κ3) is 6.49. The molecule has 0 aromatic heterocycles. The minimum absolute atomic E-state index is 0.0739. The van der Waals surface area contributed by atoms with E-state index in [1.165, 1.54) is 43.4 Å². The molecule has 0 amide bonds. The van der Waals surface area contributed by atoms with E-state index in [1.54, 1.807) is 32.0 Å². The maximum Gasteiger partial charge on any atom is 0.159 e. The SMILES string of the molecule is CC(=O)c1ccc(Cl)c(C)c1.CC(=O)c1ccc(NC2CCCCC2)c(C)c1. The number of anilines is 1. The second-order valence-corrected chi connectivity index (χ2v) is 7.99. The van der Waals surface area contributed by atoms with Crippen molar-refractivity contribution in [3.05, 3.63) is 63.7 Å². The predicted molar refractivity (Wildman–Crippen MR) is 118 cm³/mol. The highest BCUT2D eigenvalue weighted by molar-refractivity contribution is 6.31. The van der Waals surface area contributed by atoms with Crippen LogP contribution in [0.5, 0.6) is 0 Å². The average molecular weight is 400 g/mol. The zero-order chi connectivity index (χ0) is 20.7. The molecule has 150 valence electrons. The normalized spacial score (nSPS) is 14.0. The van der Waals surface area contributed by atoms with Gasteiger partial charge >= 0.3 is 0 Å². The van der Waals surface area contributed by atoms with E-state index in [0.717, 1.165) is 11.1 Å². The lowest BCUT2D eigenvalue weighted by Gasteiger charge is -2.24. The van der Waals surface area contributed by atoms with E-state index in [-0.39, 0.29) is 11.6 Å². The highest BCUT2D eigenvalue weighted by Crippen LogP contribution is 2.24. The van der Waals surface area contributed by atoms with Crippen LogP contribution < -0.4 is 5.32 Å². The molecule has 1 aliphatic carbocycles. The van der Waals surface area contributed by atoms with Crippen LogP contribution in [-0.2, 0) is 0 Å². The Labute approximate surface area is 173 Å². The molecule has 0 unspecified atom stereocenters. The maximum atomic E-state index is 11.3. The number of rotatable bonds is 4. The summed E-state index contributed by atoms with van der Waals surface area (Å²) in [5.41, 5.74) is 4.81. The van der Waals surface area contributed by atoms with Crippen molar-refractivity contribution in [1.29, 1.82) is 0 Å². The summed E-state index contributed by atoms with van der Waals surface area (Å²) < 4.78 is 0. The summed E-state index contributed by atoms with van der Waals surface area (Å²) in [5, 5.41) is 4.31. The first-order valence-electron chi connectivity index (χ1n) is 9.93. The molecule has 0 bridgehead atoms. The van der Waals surface area contributed by atoms with E-state index in [1.807, 2.05) is 25.1 Å². The standard InChI is InChI=1S/C15H21NO.C9H9ClO/c1-11-10-13(12(2)17)8-9-15(11)16-14-6-4-3-5-7-14;1-6-5-8(7(2)11)3-4-9(6)10/h8-10,14,16H,3-7H2,1-2H3;3-5H,1-2H3. The molecule has 28 heavy (non-hydrogen) atoms. The van der Waals surface area contributed by atoms with Crippen molar-refractivity contribution in [2.24, 2.45) is 0 Å². The van der Waals surface area contributed by atoms with E-state index in [0.29, 0.717) is 16.6 Å². The Morgan fingerprint density at radius 1 is 0.857 bits per heavy atom. The highest BCUT2D eigenvalue weighted by atomic mass is 35.5. The second kappa shape index (κ2) is 10.4. The molecule has 1 N–H and O–H groups in total. The molecule has 0 atom stereocenters. The topological polar surface area (TPSA) is 46.2 Å². The largest absolute Gasteiger partial charge is 0.382 e. The second-order valence-electron chi connectivity index (χ2n) is 7.59. The first kappa shape index (κ1) is 22.2. The predicted octanol–water partition coefficient (Wildman–Crippen LogP) is 6.79. The number of Topliss-reactive ketones (excluding diaryl/α,β-unsaturated/α-hetero) is 2. The number of hydrogen-bond acceptors (Lipinski definition) is 3. The zero-order valence-electron chi connectivity index (χ0n) is 17.3. The molecule has 1 aliphatic rings. The summed E-state index contributed by atoms with van der Waals surface area (Å²) in [7, 11) is 0. The fourth-order valence-corrected chi connectivity index (χ4v) is 3.49. The van der Waals surface area contributed by atoms with E-state index >= 15 is 0 Å². The molecule has 2 aromatic rings. The van der Waals surface area contributed by atoms with Crippen LogP contribution in [0.2, 0.25) is 5.02 Å².